The van der Waals surface area contributed by atoms with Crippen molar-refractivity contribution in [1.82, 2.24) is 5.32 Å². The number of para-hydroxylation sites is 1. The second-order valence-electron chi connectivity index (χ2n) is 6.10. The van der Waals surface area contributed by atoms with Crippen molar-refractivity contribution in [2.75, 3.05) is 18.0 Å². The molecule has 0 saturated heterocycles. The van der Waals surface area contributed by atoms with Gasteiger partial charge < -0.3 is 10.2 Å². The summed E-state index contributed by atoms with van der Waals surface area (Å²) in [4.78, 5) is 27.7. The molecule has 1 unspecified atom stereocenters. The first kappa shape index (κ1) is 18.0. The number of nitrogens with zero attached hydrogens (tertiary/aromatic N) is 1. The Balaban J connectivity index is 1.53. The molecule has 1 aromatic carbocycles. The van der Waals surface area contributed by atoms with Gasteiger partial charge in [-0.3, -0.25) is 9.59 Å². The van der Waals surface area contributed by atoms with E-state index in [0.29, 0.717) is 30.2 Å². The number of thiophene rings is 1. The number of carbonyl (C=O) groups is 2. The lowest BCUT2D eigenvalue weighted by molar-refractivity contribution is -0.118. The molecule has 0 aliphatic carbocycles. The third-order valence-electron chi connectivity index (χ3n) is 4.18. The number of hydrogen-bond donors (Lipinski definition) is 1. The molecule has 3 rings (SSSR count). The number of hydrogen-bond acceptors (Lipinski definition) is 4. The fraction of sp³-hybridized carbons (Fsp3) is 0.368. The predicted molar refractivity (Wildman–Crippen MR) is 105 cm³/mol. The lowest BCUT2D eigenvalue weighted by Gasteiger charge is -2.22. The van der Waals surface area contributed by atoms with Crippen LogP contribution in [0.15, 0.2) is 46.0 Å². The first-order valence-electron chi connectivity index (χ1n) is 8.51. The number of anilines is 1. The zero-order valence-corrected chi connectivity index (χ0v) is 15.9. The van der Waals surface area contributed by atoms with E-state index in [9.17, 15) is 9.59 Å². The Morgan fingerprint density at radius 3 is 2.92 bits per heavy atom. The Morgan fingerprint density at radius 2 is 2.12 bits per heavy atom. The van der Waals surface area contributed by atoms with Gasteiger partial charge in [0, 0.05) is 40.6 Å². The van der Waals surface area contributed by atoms with Crippen molar-refractivity contribution in [3.05, 3.63) is 46.7 Å². The maximum absolute atomic E-state index is 12.7. The highest BCUT2D eigenvalue weighted by atomic mass is 32.2. The minimum absolute atomic E-state index is 0.0703. The molecule has 1 aliphatic rings. The van der Waals surface area contributed by atoms with Crippen LogP contribution < -0.4 is 10.2 Å². The number of rotatable bonds is 5. The molecule has 0 spiro atoms. The highest BCUT2D eigenvalue weighted by Crippen LogP contribution is 2.37. The van der Waals surface area contributed by atoms with E-state index < -0.39 is 0 Å². The van der Waals surface area contributed by atoms with Crippen LogP contribution >= 0.6 is 23.1 Å². The number of nitrogens with one attached hydrogen (secondary N) is 1. The molecular weight excluding hydrogens is 352 g/mol. The van der Waals surface area contributed by atoms with Crippen molar-refractivity contribution in [3.63, 3.8) is 0 Å². The second-order valence-corrected chi connectivity index (χ2v) is 8.36. The smallest absolute Gasteiger partial charge is 0.252 e. The summed E-state index contributed by atoms with van der Waals surface area (Å²) in [6.07, 6.45) is 2.08. The minimum atomic E-state index is -0.0703. The maximum Gasteiger partial charge on any atom is 0.252 e. The van der Waals surface area contributed by atoms with Crippen LogP contribution in [0, 0.1) is 0 Å². The largest absolute Gasteiger partial charge is 0.352 e. The highest BCUT2D eigenvalue weighted by Gasteiger charge is 2.23. The van der Waals surface area contributed by atoms with E-state index >= 15 is 0 Å². The molecule has 0 fully saturated rings. The Hall–Kier alpha value is -1.79. The van der Waals surface area contributed by atoms with Crippen LogP contribution in [0.1, 0.15) is 36.5 Å². The molecular formula is C19H22N2O2S2. The standard InChI is InChI=1S/C19H22N2O2S2/c1-14-8-11-21(16-5-2-3-6-17(16)25-14)18(22)7-4-10-20-19(23)15-9-12-24-13-15/h2-3,5-6,9,12-14H,4,7-8,10-11H2,1H3,(H,20,23). The number of benzene rings is 1. The number of fused-ring (bicyclic) bond motifs is 1. The first-order valence-corrected chi connectivity index (χ1v) is 10.3. The van der Waals surface area contributed by atoms with Crippen molar-refractivity contribution < 1.29 is 9.59 Å². The van der Waals surface area contributed by atoms with Gasteiger partial charge in [0.05, 0.1) is 5.69 Å². The summed E-state index contributed by atoms with van der Waals surface area (Å²) in [6, 6.07) is 9.92. The SMILES string of the molecule is CC1CCN(C(=O)CCCNC(=O)c2ccsc2)c2ccccc2S1. The summed E-state index contributed by atoms with van der Waals surface area (Å²) in [7, 11) is 0. The van der Waals surface area contributed by atoms with Gasteiger partial charge in [-0.25, -0.2) is 0 Å². The van der Waals surface area contributed by atoms with E-state index in [1.54, 1.807) is 6.07 Å². The molecule has 4 nitrogen and oxygen atoms in total. The normalized spacial score (nSPS) is 16.8. The van der Waals surface area contributed by atoms with Crippen molar-refractivity contribution in [2.45, 2.75) is 36.3 Å². The van der Waals surface area contributed by atoms with Crippen molar-refractivity contribution in [3.8, 4) is 0 Å². The molecule has 25 heavy (non-hydrogen) atoms. The van der Waals surface area contributed by atoms with Gasteiger partial charge in [-0.1, -0.05) is 19.1 Å². The zero-order valence-electron chi connectivity index (χ0n) is 14.2. The summed E-state index contributed by atoms with van der Waals surface area (Å²) in [5, 5.41) is 7.09. The third-order valence-corrected chi connectivity index (χ3v) is 6.10. The summed E-state index contributed by atoms with van der Waals surface area (Å²) in [5.74, 6) is 0.0611. The van der Waals surface area contributed by atoms with Crippen molar-refractivity contribution in [1.29, 1.82) is 0 Å². The first-order chi connectivity index (χ1) is 12.1. The molecule has 132 valence electrons. The molecule has 6 heteroatoms. The van der Waals surface area contributed by atoms with E-state index in [4.69, 9.17) is 0 Å². The predicted octanol–water partition coefficient (Wildman–Crippen LogP) is 4.18. The fourth-order valence-corrected chi connectivity index (χ4v) is 4.57. The van der Waals surface area contributed by atoms with Crippen molar-refractivity contribution in [2.24, 2.45) is 0 Å². The molecule has 2 amide bonds. The zero-order chi connectivity index (χ0) is 17.6. The molecule has 2 aromatic rings. The molecule has 1 aromatic heterocycles. The molecule has 0 saturated carbocycles. The lowest BCUT2D eigenvalue weighted by atomic mass is 10.2. The molecule has 2 heterocycles. The molecule has 1 N–H and O–H groups in total. The Kier molecular flexibility index (Phi) is 6.15. The van der Waals surface area contributed by atoms with E-state index in [0.717, 1.165) is 18.7 Å². The second kappa shape index (κ2) is 8.54. The fourth-order valence-electron chi connectivity index (χ4n) is 2.82. The topological polar surface area (TPSA) is 49.4 Å². The van der Waals surface area contributed by atoms with Crippen LogP contribution in [0.3, 0.4) is 0 Å². The summed E-state index contributed by atoms with van der Waals surface area (Å²) in [5.41, 5.74) is 1.70. The Morgan fingerprint density at radius 1 is 1.28 bits per heavy atom. The van der Waals surface area contributed by atoms with Gasteiger partial charge in [-0.2, -0.15) is 11.3 Å². The van der Waals surface area contributed by atoms with Crippen LogP contribution in [-0.4, -0.2) is 30.2 Å². The quantitative estimate of drug-likeness (QED) is 0.799. The summed E-state index contributed by atoms with van der Waals surface area (Å²) < 4.78 is 0. The van der Waals surface area contributed by atoms with Gasteiger partial charge in [0.1, 0.15) is 0 Å². The van der Waals surface area contributed by atoms with E-state index in [1.165, 1.54) is 16.2 Å². The average molecular weight is 375 g/mol. The number of thioether (sulfide) groups is 1. The maximum atomic E-state index is 12.7. The number of amides is 2. The summed E-state index contributed by atoms with van der Waals surface area (Å²) >= 11 is 3.34. The molecule has 0 bridgehead atoms. The van der Waals surface area contributed by atoms with Crippen LogP contribution in [0.25, 0.3) is 0 Å². The van der Waals surface area contributed by atoms with Crippen molar-refractivity contribution >= 4 is 40.6 Å². The average Bonchev–Trinajstić information content (AvgIpc) is 3.09. The Bertz CT molecular complexity index is 731. The van der Waals surface area contributed by atoms with Crippen LogP contribution in [0.2, 0.25) is 0 Å². The van der Waals surface area contributed by atoms with E-state index in [1.807, 2.05) is 45.6 Å². The van der Waals surface area contributed by atoms with Gasteiger partial charge in [-0.15, -0.1) is 11.8 Å². The number of carbonyl (C=O) groups excluding carboxylic acids is 2. The molecule has 0 radical (unpaired) electrons. The third kappa shape index (κ3) is 4.64. The van der Waals surface area contributed by atoms with Crippen LogP contribution in [0.4, 0.5) is 5.69 Å². The summed E-state index contributed by atoms with van der Waals surface area (Å²) in [6.45, 7) is 3.47. The highest BCUT2D eigenvalue weighted by molar-refractivity contribution is 8.00. The minimum Gasteiger partial charge on any atom is -0.352 e. The van der Waals surface area contributed by atoms with Crippen LogP contribution in [0.5, 0.6) is 0 Å². The van der Waals surface area contributed by atoms with Gasteiger partial charge >= 0.3 is 0 Å². The Labute approximate surface area is 156 Å². The van der Waals surface area contributed by atoms with Crippen LogP contribution in [-0.2, 0) is 4.79 Å². The lowest BCUT2D eigenvalue weighted by Crippen LogP contribution is -2.33. The van der Waals surface area contributed by atoms with Gasteiger partial charge in [0.2, 0.25) is 5.91 Å². The van der Waals surface area contributed by atoms with Gasteiger partial charge in [-0.05, 0) is 36.4 Å². The van der Waals surface area contributed by atoms with Gasteiger partial charge in [0.25, 0.3) is 5.91 Å². The monoisotopic (exact) mass is 374 g/mol. The van der Waals surface area contributed by atoms with E-state index in [2.05, 4.69) is 18.3 Å². The van der Waals surface area contributed by atoms with Gasteiger partial charge in [0.15, 0.2) is 0 Å². The molecule has 1 aliphatic heterocycles. The van der Waals surface area contributed by atoms with E-state index in [-0.39, 0.29) is 11.8 Å². The molecule has 1 atom stereocenters.